The van der Waals surface area contributed by atoms with Gasteiger partial charge in [-0.15, -0.1) is 0 Å². The van der Waals surface area contributed by atoms with Crippen LogP contribution in [-0.4, -0.2) is 42.3 Å². The highest BCUT2D eigenvalue weighted by molar-refractivity contribution is 5.92. The highest BCUT2D eigenvalue weighted by atomic mass is 19.4. The molecule has 0 aliphatic carbocycles. The molecule has 1 aliphatic heterocycles. The van der Waals surface area contributed by atoms with Gasteiger partial charge >= 0.3 is 12.3 Å². The summed E-state index contributed by atoms with van der Waals surface area (Å²) in [6.07, 6.45) is -2.77. The fraction of sp³-hybridized carbons (Fsp3) is 0.381. The van der Waals surface area contributed by atoms with Crippen LogP contribution in [0.5, 0.6) is 0 Å². The third kappa shape index (κ3) is 4.47. The Kier molecular flexibility index (Phi) is 5.93. The third-order valence-electron chi connectivity index (χ3n) is 5.28. The van der Waals surface area contributed by atoms with E-state index in [9.17, 15) is 23.1 Å². The van der Waals surface area contributed by atoms with Crippen LogP contribution in [0.2, 0.25) is 0 Å². The van der Waals surface area contributed by atoms with E-state index in [-0.39, 0.29) is 0 Å². The SMILES string of the molecule is CN1CCCC1CCN(C(=O)O)c1ccccc1-c1cccc(C(F)(F)F)c1. The zero-order chi connectivity index (χ0) is 20.3. The molecule has 150 valence electrons. The van der Waals surface area contributed by atoms with Gasteiger partial charge in [0.2, 0.25) is 0 Å². The molecule has 0 spiro atoms. The molecule has 1 saturated heterocycles. The van der Waals surface area contributed by atoms with E-state index < -0.39 is 17.8 Å². The van der Waals surface area contributed by atoms with Crippen molar-refractivity contribution in [1.82, 2.24) is 4.90 Å². The molecule has 2 aromatic rings. The number of nitrogens with zero attached hydrogens (tertiary/aromatic N) is 2. The van der Waals surface area contributed by atoms with Crippen LogP contribution in [0.15, 0.2) is 48.5 Å². The molecule has 1 unspecified atom stereocenters. The number of alkyl halides is 3. The number of likely N-dealkylation sites (tertiary alicyclic amines) is 1. The Morgan fingerprint density at radius 3 is 2.61 bits per heavy atom. The van der Waals surface area contributed by atoms with Crippen molar-refractivity contribution in [3.8, 4) is 11.1 Å². The van der Waals surface area contributed by atoms with Gasteiger partial charge in [0.1, 0.15) is 0 Å². The third-order valence-corrected chi connectivity index (χ3v) is 5.28. The standard InChI is InChI=1S/C21H23F3N2O2/c1-25-12-5-8-17(25)11-13-26(20(27)28)19-10-3-2-9-18(19)15-6-4-7-16(14-15)21(22,23)24/h2-4,6-7,9-10,14,17H,5,8,11-13H2,1H3,(H,27,28). The van der Waals surface area contributed by atoms with Gasteiger partial charge in [-0.2, -0.15) is 13.2 Å². The lowest BCUT2D eigenvalue weighted by atomic mass is 10.00. The van der Waals surface area contributed by atoms with Gasteiger partial charge in [-0.25, -0.2) is 4.79 Å². The first-order valence-electron chi connectivity index (χ1n) is 9.24. The van der Waals surface area contributed by atoms with E-state index >= 15 is 0 Å². The Bertz CT molecular complexity index is 838. The maximum absolute atomic E-state index is 13.1. The van der Waals surface area contributed by atoms with Gasteiger partial charge in [0, 0.05) is 18.2 Å². The lowest BCUT2D eigenvalue weighted by molar-refractivity contribution is -0.137. The van der Waals surface area contributed by atoms with Crippen molar-refractivity contribution in [2.75, 3.05) is 25.0 Å². The van der Waals surface area contributed by atoms with E-state index in [0.717, 1.165) is 31.5 Å². The normalized spacial score (nSPS) is 17.6. The van der Waals surface area contributed by atoms with Crippen molar-refractivity contribution in [3.63, 3.8) is 0 Å². The summed E-state index contributed by atoms with van der Waals surface area (Å²) in [6.45, 7) is 1.29. The summed E-state index contributed by atoms with van der Waals surface area (Å²) in [4.78, 5) is 15.4. The van der Waals surface area contributed by atoms with Crippen molar-refractivity contribution in [1.29, 1.82) is 0 Å². The van der Waals surface area contributed by atoms with E-state index in [2.05, 4.69) is 4.90 Å². The van der Waals surface area contributed by atoms with Gasteiger partial charge < -0.3 is 10.0 Å². The van der Waals surface area contributed by atoms with Crippen molar-refractivity contribution in [3.05, 3.63) is 54.1 Å². The highest BCUT2D eigenvalue weighted by Crippen LogP contribution is 2.36. The fourth-order valence-corrected chi connectivity index (χ4v) is 3.76. The van der Waals surface area contributed by atoms with E-state index in [0.29, 0.717) is 35.8 Å². The number of rotatable bonds is 5. The van der Waals surface area contributed by atoms with Gasteiger partial charge in [-0.3, -0.25) is 4.90 Å². The molecule has 1 atom stereocenters. The first kappa shape index (κ1) is 20.2. The number of benzene rings is 2. The molecule has 0 saturated carbocycles. The Morgan fingerprint density at radius 2 is 1.96 bits per heavy atom. The van der Waals surface area contributed by atoms with Crippen LogP contribution < -0.4 is 4.90 Å². The summed E-state index contributed by atoms with van der Waals surface area (Å²) in [5.74, 6) is 0. The monoisotopic (exact) mass is 392 g/mol. The predicted octanol–water partition coefficient (Wildman–Crippen LogP) is 5.34. The molecule has 2 aromatic carbocycles. The minimum absolute atomic E-state index is 0.292. The lowest BCUT2D eigenvalue weighted by Gasteiger charge is -2.26. The van der Waals surface area contributed by atoms with E-state index in [4.69, 9.17) is 0 Å². The molecule has 1 N–H and O–H groups in total. The number of carboxylic acid groups (broad SMARTS) is 1. The van der Waals surface area contributed by atoms with Crippen molar-refractivity contribution >= 4 is 11.8 Å². The second-order valence-corrected chi connectivity index (χ2v) is 7.10. The molecule has 0 radical (unpaired) electrons. The molecule has 1 aliphatic rings. The summed E-state index contributed by atoms with van der Waals surface area (Å²) >= 11 is 0. The molecule has 4 nitrogen and oxygen atoms in total. The Labute approximate surface area is 162 Å². The van der Waals surface area contributed by atoms with Gasteiger partial charge in [0.05, 0.1) is 11.3 Å². The quantitative estimate of drug-likeness (QED) is 0.747. The van der Waals surface area contributed by atoms with Crippen molar-refractivity contribution in [2.45, 2.75) is 31.5 Å². The molecule has 1 heterocycles. The second-order valence-electron chi connectivity index (χ2n) is 7.10. The van der Waals surface area contributed by atoms with Crippen LogP contribution in [0.4, 0.5) is 23.7 Å². The number of hydrogen-bond acceptors (Lipinski definition) is 2. The first-order chi connectivity index (χ1) is 13.3. The molecule has 28 heavy (non-hydrogen) atoms. The molecule has 0 bridgehead atoms. The number of carbonyl (C=O) groups is 1. The van der Waals surface area contributed by atoms with Crippen molar-refractivity contribution in [2.24, 2.45) is 0 Å². The molecule has 0 aromatic heterocycles. The van der Waals surface area contributed by atoms with Crippen LogP contribution in [0.1, 0.15) is 24.8 Å². The fourth-order valence-electron chi connectivity index (χ4n) is 3.76. The van der Waals surface area contributed by atoms with Crippen LogP contribution in [0, 0.1) is 0 Å². The van der Waals surface area contributed by atoms with Crippen LogP contribution in [0.3, 0.4) is 0 Å². The topological polar surface area (TPSA) is 43.8 Å². The summed E-state index contributed by atoms with van der Waals surface area (Å²) in [5.41, 5.74) is 0.453. The number of hydrogen-bond donors (Lipinski definition) is 1. The molecular formula is C21H23F3N2O2. The summed E-state index contributed by atoms with van der Waals surface area (Å²) in [7, 11) is 2.03. The van der Waals surface area contributed by atoms with Gasteiger partial charge in [-0.1, -0.05) is 30.3 Å². The number of para-hydroxylation sites is 1. The Morgan fingerprint density at radius 1 is 1.21 bits per heavy atom. The average molecular weight is 392 g/mol. The number of anilines is 1. The van der Waals surface area contributed by atoms with E-state index in [1.165, 1.54) is 11.0 Å². The molecule has 1 amide bonds. The minimum atomic E-state index is -4.45. The molecular weight excluding hydrogens is 369 g/mol. The van der Waals surface area contributed by atoms with Crippen LogP contribution >= 0.6 is 0 Å². The van der Waals surface area contributed by atoms with E-state index in [1.807, 2.05) is 7.05 Å². The van der Waals surface area contributed by atoms with Gasteiger partial charge in [0.15, 0.2) is 0 Å². The predicted molar refractivity (Wildman–Crippen MR) is 103 cm³/mol. The Hall–Kier alpha value is -2.54. The average Bonchev–Trinajstić information content (AvgIpc) is 3.06. The maximum atomic E-state index is 13.1. The zero-order valence-electron chi connectivity index (χ0n) is 15.6. The smallest absolute Gasteiger partial charge is 0.416 e. The molecule has 7 heteroatoms. The molecule has 3 rings (SSSR count). The van der Waals surface area contributed by atoms with Crippen LogP contribution in [-0.2, 0) is 6.18 Å². The summed E-state index contributed by atoms with van der Waals surface area (Å²) in [6, 6.07) is 12.0. The van der Waals surface area contributed by atoms with Gasteiger partial charge in [0.25, 0.3) is 0 Å². The van der Waals surface area contributed by atoms with Crippen molar-refractivity contribution < 1.29 is 23.1 Å². The number of amides is 1. The summed E-state index contributed by atoms with van der Waals surface area (Å²) in [5, 5.41) is 9.75. The van der Waals surface area contributed by atoms with Gasteiger partial charge in [-0.05, 0) is 56.6 Å². The maximum Gasteiger partial charge on any atom is 0.416 e. The number of halogens is 3. The zero-order valence-corrected chi connectivity index (χ0v) is 15.6. The minimum Gasteiger partial charge on any atom is -0.465 e. The Balaban J connectivity index is 1.92. The largest absolute Gasteiger partial charge is 0.465 e. The first-order valence-corrected chi connectivity index (χ1v) is 9.24. The molecule has 1 fully saturated rings. The lowest BCUT2D eigenvalue weighted by Crippen LogP contribution is -2.35. The van der Waals surface area contributed by atoms with Crippen LogP contribution in [0.25, 0.3) is 11.1 Å². The summed E-state index contributed by atoms with van der Waals surface area (Å²) < 4.78 is 39.3. The second kappa shape index (κ2) is 8.22. The van der Waals surface area contributed by atoms with E-state index in [1.54, 1.807) is 30.3 Å². The highest BCUT2D eigenvalue weighted by Gasteiger charge is 2.31.